The van der Waals surface area contributed by atoms with Gasteiger partial charge in [0, 0.05) is 17.0 Å². The van der Waals surface area contributed by atoms with Crippen molar-refractivity contribution in [1.82, 2.24) is 5.16 Å². The van der Waals surface area contributed by atoms with E-state index in [0.29, 0.717) is 17.0 Å². The molecule has 3 aromatic rings. The van der Waals surface area contributed by atoms with Crippen molar-refractivity contribution < 1.29 is 13.7 Å². The molecule has 0 aliphatic heterocycles. The van der Waals surface area contributed by atoms with E-state index >= 15 is 0 Å². The summed E-state index contributed by atoms with van der Waals surface area (Å²) in [4.78, 5) is 0.765. The second-order valence-corrected chi connectivity index (χ2v) is 5.54. The van der Waals surface area contributed by atoms with E-state index < -0.39 is 5.82 Å². The highest BCUT2D eigenvalue weighted by molar-refractivity contribution is 7.13. The van der Waals surface area contributed by atoms with Crippen molar-refractivity contribution in [2.24, 2.45) is 0 Å². The molecule has 0 bridgehead atoms. The van der Waals surface area contributed by atoms with E-state index in [9.17, 15) is 4.39 Å². The maximum atomic E-state index is 14.2. The van der Waals surface area contributed by atoms with E-state index in [0.717, 1.165) is 4.88 Å². The number of nitrogens with two attached hydrogens (primary N) is 1. The van der Waals surface area contributed by atoms with E-state index in [1.807, 2.05) is 5.38 Å². The highest BCUT2D eigenvalue weighted by Crippen LogP contribution is 2.41. The SMILES string of the molecule is COc1csc(-c2noc(N)c2-c2cccc(Cl)c2F)c1. The van der Waals surface area contributed by atoms with Crippen LogP contribution in [0.25, 0.3) is 21.7 Å². The third-order valence-electron chi connectivity index (χ3n) is 2.98. The van der Waals surface area contributed by atoms with Crippen LogP contribution in [0.2, 0.25) is 5.02 Å². The minimum absolute atomic E-state index is 0.0165. The summed E-state index contributed by atoms with van der Waals surface area (Å²) in [5.41, 5.74) is 6.91. The fourth-order valence-electron chi connectivity index (χ4n) is 1.98. The number of methoxy groups -OCH3 is 1. The molecule has 1 aromatic carbocycles. The number of anilines is 1. The first-order chi connectivity index (χ1) is 10.1. The van der Waals surface area contributed by atoms with Crippen molar-refractivity contribution in [2.45, 2.75) is 0 Å². The first-order valence-corrected chi connectivity index (χ1v) is 7.20. The number of nitrogen functional groups attached to an aromatic ring is 1. The Morgan fingerprint density at radius 3 is 2.95 bits per heavy atom. The summed E-state index contributed by atoms with van der Waals surface area (Å²) in [5, 5.41) is 5.76. The molecule has 21 heavy (non-hydrogen) atoms. The Bertz CT molecular complexity index is 800. The fraction of sp³-hybridized carbons (Fsp3) is 0.0714. The van der Waals surface area contributed by atoms with Gasteiger partial charge in [-0.25, -0.2) is 4.39 Å². The number of ether oxygens (including phenoxy) is 1. The maximum absolute atomic E-state index is 14.2. The quantitative estimate of drug-likeness (QED) is 0.773. The summed E-state index contributed by atoms with van der Waals surface area (Å²) in [6.45, 7) is 0. The Labute approximate surface area is 128 Å². The fourth-order valence-corrected chi connectivity index (χ4v) is 3.00. The Hall–Kier alpha value is -2.05. The van der Waals surface area contributed by atoms with Crippen molar-refractivity contribution in [3.8, 4) is 27.4 Å². The minimum atomic E-state index is -0.557. The molecule has 0 amide bonds. The summed E-state index contributed by atoms with van der Waals surface area (Å²) in [6.07, 6.45) is 0. The van der Waals surface area contributed by atoms with Gasteiger partial charge in [0.1, 0.15) is 17.3 Å². The minimum Gasteiger partial charge on any atom is -0.496 e. The summed E-state index contributed by atoms with van der Waals surface area (Å²) < 4.78 is 24.4. The number of hydrogen-bond donors (Lipinski definition) is 1. The van der Waals surface area contributed by atoms with Crippen LogP contribution in [-0.2, 0) is 0 Å². The summed E-state index contributed by atoms with van der Waals surface area (Å²) in [6, 6.07) is 6.48. The molecular formula is C14H10ClFN2O2S. The molecule has 0 saturated heterocycles. The van der Waals surface area contributed by atoms with Gasteiger partial charge in [-0.3, -0.25) is 0 Å². The average Bonchev–Trinajstić information content (AvgIpc) is 3.08. The highest BCUT2D eigenvalue weighted by atomic mass is 35.5. The smallest absolute Gasteiger partial charge is 0.230 e. The molecular weight excluding hydrogens is 315 g/mol. The van der Waals surface area contributed by atoms with Crippen molar-refractivity contribution in [1.29, 1.82) is 0 Å². The summed E-state index contributed by atoms with van der Waals surface area (Å²) in [5.74, 6) is 0.173. The monoisotopic (exact) mass is 324 g/mol. The molecule has 0 radical (unpaired) electrons. The molecule has 0 saturated carbocycles. The van der Waals surface area contributed by atoms with Crippen LogP contribution in [-0.4, -0.2) is 12.3 Å². The van der Waals surface area contributed by atoms with Crippen LogP contribution < -0.4 is 10.5 Å². The Morgan fingerprint density at radius 2 is 2.24 bits per heavy atom. The lowest BCUT2D eigenvalue weighted by molar-refractivity contribution is 0.416. The zero-order valence-corrected chi connectivity index (χ0v) is 12.5. The van der Waals surface area contributed by atoms with Crippen LogP contribution in [0.3, 0.4) is 0 Å². The first kappa shape index (κ1) is 13.9. The van der Waals surface area contributed by atoms with E-state index in [2.05, 4.69) is 5.16 Å². The molecule has 0 aliphatic rings. The lowest BCUT2D eigenvalue weighted by Gasteiger charge is -2.04. The van der Waals surface area contributed by atoms with Crippen LogP contribution in [0.15, 0.2) is 34.2 Å². The first-order valence-electron chi connectivity index (χ1n) is 5.94. The second kappa shape index (κ2) is 5.38. The van der Waals surface area contributed by atoms with Crippen molar-refractivity contribution >= 4 is 28.8 Å². The lowest BCUT2D eigenvalue weighted by Crippen LogP contribution is -1.91. The molecule has 0 atom stereocenters. The van der Waals surface area contributed by atoms with Gasteiger partial charge in [0.2, 0.25) is 5.88 Å². The van der Waals surface area contributed by atoms with E-state index in [-0.39, 0.29) is 16.5 Å². The van der Waals surface area contributed by atoms with Gasteiger partial charge in [-0.15, -0.1) is 11.3 Å². The van der Waals surface area contributed by atoms with Crippen LogP contribution >= 0.6 is 22.9 Å². The predicted octanol–water partition coefficient (Wildman–Crippen LogP) is 4.45. The standard InChI is InChI=1S/C14H10ClFN2O2S/c1-19-7-5-10(21-6-7)13-11(14(17)20-18-13)8-3-2-4-9(15)12(8)16/h2-6H,17H2,1H3. The van der Waals surface area contributed by atoms with Gasteiger partial charge >= 0.3 is 0 Å². The topological polar surface area (TPSA) is 61.3 Å². The van der Waals surface area contributed by atoms with Gasteiger partial charge in [-0.2, -0.15) is 0 Å². The van der Waals surface area contributed by atoms with Gasteiger partial charge in [-0.1, -0.05) is 28.9 Å². The molecule has 4 nitrogen and oxygen atoms in total. The number of aromatic nitrogens is 1. The van der Waals surface area contributed by atoms with Gasteiger partial charge in [0.05, 0.1) is 22.6 Å². The number of rotatable bonds is 3. The zero-order chi connectivity index (χ0) is 15.0. The van der Waals surface area contributed by atoms with Crippen LogP contribution in [0.5, 0.6) is 5.75 Å². The average molecular weight is 325 g/mol. The molecule has 0 unspecified atom stereocenters. The van der Waals surface area contributed by atoms with Crippen molar-refractivity contribution in [3.05, 3.63) is 40.5 Å². The van der Waals surface area contributed by atoms with Gasteiger partial charge in [0.15, 0.2) is 0 Å². The van der Waals surface area contributed by atoms with E-state index in [1.165, 1.54) is 17.4 Å². The number of thiophene rings is 1. The third-order valence-corrected chi connectivity index (χ3v) is 4.19. The molecule has 0 aliphatic carbocycles. The Morgan fingerprint density at radius 1 is 1.43 bits per heavy atom. The number of benzene rings is 1. The van der Waals surface area contributed by atoms with E-state index in [4.69, 9.17) is 26.6 Å². The van der Waals surface area contributed by atoms with Crippen molar-refractivity contribution in [3.63, 3.8) is 0 Å². The largest absolute Gasteiger partial charge is 0.496 e. The summed E-state index contributed by atoms with van der Waals surface area (Å²) in [7, 11) is 1.57. The second-order valence-electron chi connectivity index (χ2n) is 4.22. The number of halogens is 2. The van der Waals surface area contributed by atoms with Gasteiger partial charge < -0.3 is 15.0 Å². The molecule has 108 valence electrons. The molecule has 2 aromatic heterocycles. The van der Waals surface area contributed by atoms with Gasteiger partial charge in [-0.05, 0) is 6.07 Å². The molecule has 2 heterocycles. The van der Waals surface area contributed by atoms with Crippen molar-refractivity contribution in [2.75, 3.05) is 12.8 Å². The Balaban J connectivity index is 2.19. The number of nitrogens with zero attached hydrogens (tertiary/aromatic N) is 1. The highest BCUT2D eigenvalue weighted by Gasteiger charge is 2.22. The number of hydrogen-bond acceptors (Lipinski definition) is 5. The lowest BCUT2D eigenvalue weighted by atomic mass is 10.0. The maximum Gasteiger partial charge on any atom is 0.230 e. The van der Waals surface area contributed by atoms with E-state index in [1.54, 1.807) is 25.3 Å². The zero-order valence-electron chi connectivity index (χ0n) is 10.9. The van der Waals surface area contributed by atoms with Gasteiger partial charge in [0.25, 0.3) is 0 Å². The third kappa shape index (κ3) is 2.36. The van der Waals surface area contributed by atoms with Crippen LogP contribution in [0.1, 0.15) is 0 Å². The molecule has 3 rings (SSSR count). The van der Waals surface area contributed by atoms with Crippen LogP contribution in [0, 0.1) is 5.82 Å². The predicted molar refractivity (Wildman–Crippen MR) is 81.2 cm³/mol. The molecule has 0 fully saturated rings. The Kier molecular flexibility index (Phi) is 3.57. The normalized spacial score (nSPS) is 10.8. The molecule has 7 heteroatoms. The van der Waals surface area contributed by atoms with Crippen LogP contribution in [0.4, 0.5) is 10.3 Å². The summed E-state index contributed by atoms with van der Waals surface area (Å²) >= 11 is 7.22. The molecule has 0 spiro atoms. The molecule has 2 N–H and O–H groups in total.